The molecule has 3 rings (SSSR count). The minimum Gasteiger partial charge on any atom is -0.464 e. The van der Waals surface area contributed by atoms with Gasteiger partial charge in [0, 0.05) is 19.9 Å². The fourth-order valence-electron chi connectivity index (χ4n) is 2.31. The highest BCUT2D eigenvalue weighted by Gasteiger charge is 2.18. The topological polar surface area (TPSA) is 84.9 Å². The molecular formula is C16H19N5O3. The second-order valence-electron chi connectivity index (χ2n) is 5.31. The molecule has 8 heteroatoms. The average Bonchev–Trinajstić information content (AvgIpc) is 3.18. The Bertz CT molecular complexity index is 826. The number of ether oxygens (including phenoxy) is 1. The molecule has 0 aliphatic carbocycles. The first-order chi connectivity index (χ1) is 11.7. The van der Waals surface area contributed by atoms with Gasteiger partial charge < -0.3 is 14.1 Å². The van der Waals surface area contributed by atoms with Crippen LogP contribution < -0.4 is 5.32 Å². The van der Waals surface area contributed by atoms with Gasteiger partial charge in [0.1, 0.15) is 11.5 Å². The van der Waals surface area contributed by atoms with Crippen LogP contribution in [-0.2, 0) is 11.3 Å². The number of rotatable bonds is 6. The zero-order valence-corrected chi connectivity index (χ0v) is 13.6. The molecule has 0 aromatic carbocycles. The summed E-state index contributed by atoms with van der Waals surface area (Å²) in [5.41, 5.74) is 0.665. The van der Waals surface area contributed by atoms with Crippen LogP contribution in [0.4, 0.5) is 10.7 Å². The maximum absolute atomic E-state index is 12.6. The third-order valence-electron chi connectivity index (χ3n) is 3.53. The van der Waals surface area contributed by atoms with Gasteiger partial charge in [-0.15, -0.1) is 10.2 Å². The third-order valence-corrected chi connectivity index (χ3v) is 3.53. The van der Waals surface area contributed by atoms with Gasteiger partial charge in [-0.2, -0.15) is 0 Å². The Balaban J connectivity index is 1.75. The van der Waals surface area contributed by atoms with Gasteiger partial charge >= 0.3 is 6.03 Å². The van der Waals surface area contributed by atoms with Crippen molar-refractivity contribution in [2.24, 2.45) is 0 Å². The number of anilines is 1. The van der Waals surface area contributed by atoms with Crippen molar-refractivity contribution in [3.8, 4) is 0 Å². The number of hydrogen-bond donors (Lipinski definition) is 1. The van der Waals surface area contributed by atoms with Crippen molar-refractivity contribution in [2.45, 2.75) is 13.5 Å². The van der Waals surface area contributed by atoms with Crippen LogP contribution in [0.3, 0.4) is 0 Å². The molecule has 0 bridgehead atoms. The first-order valence-electron chi connectivity index (χ1n) is 7.57. The lowest BCUT2D eigenvalue weighted by molar-refractivity contribution is 0.149. The molecule has 0 fully saturated rings. The Labute approximate surface area is 139 Å². The molecule has 0 radical (unpaired) electrons. The van der Waals surface area contributed by atoms with Gasteiger partial charge in [0.05, 0.1) is 13.2 Å². The molecule has 8 nitrogen and oxygen atoms in total. The van der Waals surface area contributed by atoms with E-state index in [9.17, 15) is 4.79 Å². The van der Waals surface area contributed by atoms with Crippen LogP contribution in [0.1, 0.15) is 11.5 Å². The molecule has 2 amide bonds. The number of carbonyl (C=O) groups is 1. The van der Waals surface area contributed by atoms with Crippen LogP contribution in [0.2, 0.25) is 0 Å². The minimum atomic E-state index is -0.292. The van der Waals surface area contributed by atoms with Crippen molar-refractivity contribution in [3.05, 3.63) is 48.0 Å². The number of fused-ring (bicyclic) bond motifs is 1. The summed E-state index contributed by atoms with van der Waals surface area (Å²) in [5.74, 6) is 1.89. The van der Waals surface area contributed by atoms with E-state index in [0.717, 1.165) is 5.76 Å². The predicted octanol–water partition coefficient (Wildman–Crippen LogP) is 2.31. The van der Waals surface area contributed by atoms with E-state index in [1.54, 1.807) is 22.6 Å². The van der Waals surface area contributed by atoms with Crippen LogP contribution in [0.15, 0.2) is 40.9 Å². The lowest BCUT2D eigenvalue weighted by Crippen LogP contribution is -2.37. The summed E-state index contributed by atoms with van der Waals surface area (Å²) in [6.45, 7) is 3.07. The molecule has 0 aliphatic rings. The number of hydrogen-bond acceptors (Lipinski definition) is 5. The smallest absolute Gasteiger partial charge is 0.324 e. The summed E-state index contributed by atoms with van der Waals surface area (Å²) in [7, 11) is 1.60. The molecule has 0 saturated heterocycles. The fourth-order valence-corrected chi connectivity index (χ4v) is 2.31. The number of aromatic nitrogens is 3. The quantitative estimate of drug-likeness (QED) is 0.750. The monoisotopic (exact) mass is 329 g/mol. The lowest BCUT2D eigenvalue weighted by atomic mass is 10.4. The predicted molar refractivity (Wildman–Crippen MR) is 87.7 cm³/mol. The first-order valence-corrected chi connectivity index (χ1v) is 7.57. The van der Waals surface area contributed by atoms with E-state index in [1.807, 2.05) is 37.3 Å². The van der Waals surface area contributed by atoms with Gasteiger partial charge in [-0.1, -0.05) is 6.07 Å². The van der Waals surface area contributed by atoms with Crippen molar-refractivity contribution in [1.82, 2.24) is 19.5 Å². The molecule has 0 saturated carbocycles. The average molecular weight is 329 g/mol. The fraction of sp³-hybridized carbons (Fsp3) is 0.312. The number of aryl methyl sites for hydroxylation is 1. The third kappa shape index (κ3) is 3.54. The summed E-state index contributed by atoms with van der Waals surface area (Å²) in [6, 6.07) is 8.96. The van der Waals surface area contributed by atoms with E-state index in [1.165, 1.54) is 0 Å². The number of nitrogens with one attached hydrogen (secondary N) is 1. The van der Waals surface area contributed by atoms with Crippen LogP contribution in [0, 0.1) is 6.92 Å². The molecule has 1 N–H and O–H groups in total. The van der Waals surface area contributed by atoms with E-state index >= 15 is 0 Å². The SMILES string of the molecule is COCCN(Cc1ccc(C)o1)C(=O)Nc1nnc2ccccn12. The van der Waals surface area contributed by atoms with Gasteiger partial charge in [0.25, 0.3) is 0 Å². The number of pyridine rings is 1. The first kappa shape index (κ1) is 16.0. The minimum absolute atomic E-state index is 0.292. The molecule has 126 valence electrons. The number of methoxy groups -OCH3 is 1. The molecule has 3 aromatic heterocycles. The van der Waals surface area contributed by atoms with Crippen molar-refractivity contribution in [1.29, 1.82) is 0 Å². The summed E-state index contributed by atoms with van der Waals surface area (Å²) in [6.07, 6.45) is 1.79. The van der Waals surface area contributed by atoms with Gasteiger partial charge in [-0.3, -0.25) is 9.72 Å². The molecule has 0 unspecified atom stereocenters. The second-order valence-corrected chi connectivity index (χ2v) is 5.31. The van der Waals surface area contributed by atoms with Gasteiger partial charge in [-0.25, -0.2) is 4.79 Å². The summed E-state index contributed by atoms with van der Waals surface area (Å²) in [5, 5.41) is 10.8. The molecule has 0 atom stereocenters. The molecule has 3 heterocycles. The highest BCUT2D eigenvalue weighted by molar-refractivity contribution is 5.87. The van der Waals surface area contributed by atoms with E-state index in [4.69, 9.17) is 9.15 Å². The maximum atomic E-state index is 12.6. The van der Waals surface area contributed by atoms with Gasteiger partial charge in [-0.05, 0) is 31.2 Å². The van der Waals surface area contributed by atoms with Crippen molar-refractivity contribution < 1.29 is 13.9 Å². The standard InChI is InChI=1S/C16H19N5O3/c1-12-6-7-13(24-12)11-20(9-10-23-2)16(22)17-15-19-18-14-5-3-4-8-21(14)15/h3-8H,9-11H2,1-2H3,(H,17,19,22). The van der Waals surface area contributed by atoms with Crippen LogP contribution in [-0.4, -0.2) is 45.8 Å². The number of nitrogens with zero attached hydrogens (tertiary/aromatic N) is 4. The second kappa shape index (κ2) is 7.14. The Morgan fingerprint density at radius 1 is 1.33 bits per heavy atom. The summed E-state index contributed by atoms with van der Waals surface area (Å²) in [4.78, 5) is 14.2. The lowest BCUT2D eigenvalue weighted by Gasteiger charge is -2.21. The number of urea groups is 1. The highest BCUT2D eigenvalue weighted by atomic mass is 16.5. The van der Waals surface area contributed by atoms with Crippen LogP contribution in [0.5, 0.6) is 0 Å². The molecule has 24 heavy (non-hydrogen) atoms. The normalized spacial score (nSPS) is 10.9. The number of carbonyl (C=O) groups excluding carboxylic acids is 1. The molecular weight excluding hydrogens is 310 g/mol. The zero-order valence-electron chi connectivity index (χ0n) is 13.6. The van der Waals surface area contributed by atoms with Crippen LogP contribution >= 0.6 is 0 Å². The van der Waals surface area contributed by atoms with Crippen molar-refractivity contribution >= 4 is 17.6 Å². The molecule has 0 spiro atoms. The summed E-state index contributed by atoms with van der Waals surface area (Å²) < 4.78 is 12.4. The Morgan fingerprint density at radius 3 is 2.96 bits per heavy atom. The van der Waals surface area contributed by atoms with Crippen molar-refractivity contribution in [2.75, 3.05) is 25.6 Å². The Morgan fingerprint density at radius 2 is 2.21 bits per heavy atom. The molecule has 3 aromatic rings. The Kier molecular flexibility index (Phi) is 4.76. The maximum Gasteiger partial charge on any atom is 0.324 e. The number of furan rings is 1. The van der Waals surface area contributed by atoms with E-state index < -0.39 is 0 Å². The van der Waals surface area contributed by atoms with E-state index in [-0.39, 0.29) is 6.03 Å². The Hall–Kier alpha value is -2.87. The van der Waals surface area contributed by atoms with Crippen molar-refractivity contribution in [3.63, 3.8) is 0 Å². The van der Waals surface area contributed by atoms with Gasteiger partial charge in [0.15, 0.2) is 5.65 Å². The highest BCUT2D eigenvalue weighted by Crippen LogP contribution is 2.12. The molecule has 0 aliphatic heterocycles. The summed E-state index contributed by atoms with van der Waals surface area (Å²) >= 11 is 0. The van der Waals surface area contributed by atoms with Gasteiger partial charge in [0.2, 0.25) is 5.95 Å². The largest absolute Gasteiger partial charge is 0.464 e. The number of amides is 2. The van der Waals surface area contributed by atoms with E-state index in [0.29, 0.717) is 37.1 Å². The van der Waals surface area contributed by atoms with E-state index in [2.05, 4.69) is 15.5 Å². The zero-order chi connectivity index (χ0) is 16.9. The van der Waals surface area contributed by atoms with Crippen LogP contribution in [0.25, 0.3) is 5.65 Å².